The number of methoxy groups -OCH3 is 2. The van der Waals surface area contributed by atoms with Crippen molar-refractivity contribution in [3.8, 4) is 56.0 Å². The molecule has 0 aliphatic heterocycles. The van der Waals surface area contributed by atoms with Crippen molar-refractivity contribution < 1.29 is 14.3 Å². The summed E-state index contributed by atoms with van der Waals surface area (Å²) >= 11 is 0. The van der Waals surface area contributed by atoms with Crippen molar-refractivity contribution in [3.05, 3.63) is 216 Å². The lowest BCUT2D eigenvalue weighted by Gasteiger charge is -2.16. The van der Waals surface area contributed by atoms with Gasteiger partial charge < -0.3 is 20.9 Å². The van der Waals surface area contributed by atoms with Crippen LogP contribution in [0.4, 0.5) is 11.4 Å². The second kappa shape index (κ2) is 16.2. The average Bonchev–Trinajstić information content (AvgIpc) is 3.62. The second-order valence-corrected chi connectivity index (χ2v) is 14.9. The first kappa shape index (κ1) is 37.7. The molecule has 5 heteroatoms. The molecule has 0 heterocycles. The predicted octanol–water partition coefficient (Wildman–Crippen LogP) is 12.6. The maximum absolute atomic E-state index is 15.5. The standard InChI is InChI=1S/C55H42N2O3/c1-59-49-13-5-11-45(33-49)51-52(46-12-6-14-50(34-46)60-2)54(44-10-4-8-42(32-44)40-21-17-36(18-22-40)38-25-29-48(57)30-26-38)55(58)53(51)43-9-3-7-41(31-43)39-19-15-35(16-20-39)37-23-27-47(56)28-24-37/h3-34H,56-57H2,1-2H3. The van der Waals surface area contributed by atoms with Gasteiger partial charge in [-0.15, -0.1) is 0 Å². The van der Waals surface area contributed by atoms with E-state index in [1.54, 1.807) is 14.2 Å². The maximum atomic E-state index is 15.5. The zero-order chi connectivity index (χ0) is 41.2. The van der Waals surface area contributed by atoms with Crippen molar-refractivity contribution in [3.63, 3.8) is 0 Å². The number of ketones is 1. The number of carbonyl (C=O) groups is 1. The number of hydrogen-bond donors (Lipinski definition) is 2. The van der Waals surface area contributed by atoms with Crippen LogP contribution in [0.1, 0.15) is 22.3 Å². The monoisotopic (exact) mass is 778 g/mol. The number of nitrogens with two attached hydrogens (primary N) is 2. The number of rotatable bonds is 10. The first-order valence-corrected chi connectivity index (χ1v) is 19.8. The second-order valence-electron chi connectivity index (χ2n) is 14.9. The molecule has 1 aliphatic carbocycles. The Labute approximate surface area is 350 Å². The van der Waals surface area contributed by atoms with Crippen LogP contribution < -0.4 is 20.9 Å². The Kier molecular flexibility index (Phi) is 10.1. The SMILES string of the molecule is COc1cccc(C2=C(c3cccc(-c4ccc(-c5ccc(N)cc5)cc4)c3)C(=O)C(c3cccc(-c4ccc(-c5ccc(N)cc5)cc4)c3)=C2c2cccc(OC)c2)c1. The molecular weight excluding hydrogens is 737 g/mol. The van der Waals surface area contributed by atoms with Gasteiger partial charge in [-0.2, -0.15) is 0 Å². The van der Waals surface area contributed by atoms with Gasteiger partial charge in [-0.3, -0.25) is 4.79 Å². The number of benzene rings is 8. The third-order valence-electron chi connectivity index (χ3n) is 11.1. The zero-order valence-corrected chi connectivity index (χ0v) is 33.4. The van der Waals surface area contributed by atoms with Crippen LogP contribution in [0.3, 0.4) is 0 Å². The van der Waals surface area contributed by atoms with E-state index >= 15 is 4.79 Å². The highest BCUT2D eigenvalue weighted by atomic mass is 16.5. The minimum atomic E-state index is -0.0580. The molecule has 0 saturated carbocycles. The molecule has 0 amide bonds. The highest BCUT2D eigenvalue weighted by molar-refractivity contribution is 6.59. The number of allylic oxidation sites excluding steroid dienone is 4. The van der Waals surface area contributed by atoms with E-state index in [1.807, 2.05) is 121 Å². The van der Waals surface area contributed by atoms with Gasteiger partial charge in [0.25, 0.3) is 0 Å². The van der Waals surface area contributed by atoms with Gasteiger partial charge in [0.1, 0.15) is 11.5 Å². The number of nitrogen functional groups attached to an aromatic ring is 2. The Balaban J connectivity index is 1.19. The Bertz CT molecular complexity index is 2740. The lowest BCUT2D eigenvalue weighted by atomic mass is 9.88. The molecule has 290 valence electrons. The smallest absolute Gasteiger partial charge is 0.195 e. The minimum Gasteiger partial charge on any atom is -0.497 e. The molecule has 0 radical (unpaired) electrons. The van der Waals surface area contributed by atoms with E-state index in [2.05, 4.69) is 72.8 Å². The van der Waals surface area contributed by atoms with E-state index in [1.165, 1.54) is 0 Å². The first-order chi connectivity index (χ1) is 29.4. The summed E-state index contributed by atoms with van der Waals surface area (Å²) in [7, 11) is 3.32. The fraction of sp³-hybridized carbons (Fsp3) is 0.0364. The fourth-order valence-corrected chi connectivity index (χ4v) is 8.06. The van der Waals surface area contributed by atoms with Crippen molar-refractivity contribution in [1.29, 1.82) is 0 Å². The summed E-state index contributed by atoms with van der Waals surface area (Å²) in [5.74, 6) is 1.34. The van der Waals surface area contributed by atoms with Gasteiger partial charge in [-0.1, -0.05) is 133 Å². The van der Waals surface area contributed by atoms with Crippen LogP contribution in [-0.2, 0) is 4.79 Å². The summed E-state index contributed by atoms with van der Waals surface area (Å²) in [6.07, 6.45) is 0. The van der Waals surface area contributed by atoms with Crippen molar-refractivity contribution in [2.24, 2.45) is 0 Å². The molecule has 0 bridgehead atoms. The molecule has 5 nitrogen and oxygen atoms in total. The quantitative estimate of drug-likeness (QED) is 0.135. The highest BCUT2D eigenvalue weighted by Gasteiger charge is 2.36. The number of hydrogen-bond acceptors (Lipinski definition) is 5. The normalized spacial score (nSPS) is 12.5. The Morgan fingerprint density at radius 1 is 0.300 bits per heavy atom. The zero-order valence-electron chi connectivity index (χ0n) is 33.4. The summed E-state index contributed by atoms with van der Waals surface area (Å²) < 4.78 is 11.5. The van der Waals surface area contributed by atoms with Gasteiger partial charge in [-0.25, -0.2) is 0 Å². The first-order valence-electron chi connectivity index (χ1n) is 19.8. The van der Waals surface area contributed by atoms with Gasteiger partial charge in [0.15, 0.2) is 5.78 Å². The molecule has 0 fully saturated rings. The summed E-state index contributed by atoms with van der Waals surface area (Å²) in [5.41, 5.74) is 28.1. The van der Waals surface area contributed by atoms with Crippen molar-refractivity contribution >= 4 is 39.5 Å². The lowest BCUT2D eigenvalue weighted by molar-refractivity contribution is -0.108. The third-order valence-corrected chi connectivity index (χ3v) is 11.1. The summed E-state index contributed by atoms with van der Waals surface area (Å²) in [5, 5.41) is 0. The molecule has 4 N–H and O–H groups in total. The third kappa shape index (κ3) is 7.36. The Morgan fingerprint density at radius 3 is 0.900 bits per heavy atom. The van der Waals surface area contributed by atoms with Crippen LogP contribution in [-0.4, -0.2) is 20.0 Å². The molecule has 0 saturated heterocycles. The topological polar surface area (TPSA) is 87.6 Å². The Morgan fingerprint density at radius 2 is 0.567 bits per heavy atom. The fourth-order valence-electron chi connectivity index (χ4n) is 8.06. The van der Waals surface area contributed by atoms with E-state index in [9.17, 15) is 0 Å². The molecule has 60 heavy (non-hydrogen) atoms. The van der Waals surface area contributed by atoms with E-state index in [0.29, 0.717) is 22.6 Å². The van der Waals surface area contributed by atoms with Crippen molar-refractivity contribution in [2.45, 2.75) is 0 Å². The van der Waals surface area contributed by atoms with E-state index in [0.717, 1.165) is 89.3 Å². The molecule has 0 spiro atoms. The van der Waals surface area contributed by atoms with Crippen LogP contribution in [0.15, 0.2) is 194 Å². The Hall–Kier alpha value is -7.89. The van der Waals surface area contributed by atoms with Crippen LogP contribution in [0.2, 0.25) is 0 Å². The van der Waals surface area contributed by atoms with Gasteiger partial charge in [0, 0.05) is 33.7 Å². The van der Waals surface area contributed by atoms with E-state index in [-0.39, 0.29) is 5.78 Å². The van der Waals surface area contributed by atoms with Gasteiger partial charge in [0.2, 0.25) is 0 Å². The molecule has 0 unspecified atom stereocenters. The number of anilines is 2. The molecule has 0 atom stereocenters. The molecule has 1 aliphatic rings. The van der Waals surface area contributed by atoms with Gasteiger partial charge in [0.05, 0.1) is 14.2 Å². The van der Waals surface area contributed by atoms with E-state index in [4.69, 9.17) is 20.9 Å². The maximum Gasteiger partial charge on any atom is 0.195 e. The number of Topliss-reactive ketones (excluding diaryl/α,β-unsaturated/α-hetero) is 1. The van der Waals surface area contributed by atoms with Crippen molar-refractivity contribution in [2.75, 3.05) is 25.7 Å². The average molecular weight is 779 g/mol. The molecule has 8 aromatic carbocycles. The van der Waals surface area contributed by atoms with Crippen LogP contribution in [0.25, 0.3) is 66.8 Å². The predicted molar refractivity (Wildman–Crippen MR) is 248 cm³/mol. The van der Waals surface area contributed by atoms with Crippen LogP contribution in [0, 0.1) is 0 Å². The summed E-state index contributed by atoms with van der Waals surface area (Å²) in [6.45, 7) is 0. The van der Waals surface area contributed by atoms with Gasteiger partial charge in [-0.05, 0) is 127 Å². The lowest BCUT2D eigenvalue weighted by Crippen LogP contribution is -2.02. The molecule has 0 aromatic heterocycles. The molecule has 9 rings (SSSR count). The summed E-state index contributed by atoms with van der Waals surface area (Å²) in [6, 6.07) is 65.2. The van der Waals surface area contributed by atoms with Crippen LogP contribution in [0.5, 0.6) is 11.5 Å². The largest absolute Gasteiger partial charge is 0.497 e. The highest BCUT2D eigenvalue weighted by Crippen LogP contribution is 2.51. The van der Waals surface area contributed by atoms with Crippen LogP contribution >= 0.6 is 0 Å². The number of ether oxygens (including phenoxy) is 2. The van der Waals surface area contributed by atoms with E-state index < -0.39 is 0 Å². The van der Waals surface area contributed by atoms with Gasteiger partial charge >= 0.3 is 0 Å². The minimum absolute atomic E-state index is 0.0580. The molecule has 8 aromatic rings. The summed E-state index contributed by atoms with van der Waals surface area (Å²) in [4.78, 5) is 15.5. The molecular formula is C55H42N2O3. The number of carbonyl (C=O) groups excluding carboxylic acids is 1. The van der Waals surface area contributed by atoms with Crippen molar-refractivity contribution in [1.82, 2.24) is 0 Å².